The SMILES string of the molecule is Brc1cccc([Si](c2cccc(Br)c2)(c2cccc(Br)c2)c2cccc(Br)c2)c1. The number of halogens is 4. The van der Waals surface area contributed by atoms with Crippen molar-refractivity contribution in [3.63, 3.8) is 0 Å². The maximum atomic E-state index is 3.71. The lowest BCUT2D eigenvalue weighted by Crippen LogP contribution is -2.74. The van der Waals surface area contributed by atoms with Crippen molar-refractivity contribution < 1.29 is 0 Å². The highest BCUT2D eigenvalue weighted by Crippen LogP contribution is 2.18. The summed E-state index contributed by atoms with van der Waals surface area (Å²) in [6.45, 7) is 0. The van der Waals surface area contributed by atoms with Crippen molar-refractivity contribution in [1.82, 2.24) is 0 Å². The maximum absolute atomic E-state index is 3.71. The number of hydrogen-bond acceptors (Lipinski definition) is 0. The summed E-state index contributed by atoms with van der Waals surface area (Å²) in [4.78, 5) is 0. The van der Waals surface area contributed by atoms with Gasteiger partial charge in [0.1, 0.15) is 0 Å². The molecule has 0 saturated carbocycles. The van der Waals surface area contributed by atoms with E-state index in [2.05, 4.69) is 161 Å². The molecular formula is C24H16Br4Si. The molecule has 0 aliphatic carbocycles. The Morgan fingerprint density at radius 1 is 0.379 bits per heavy atom. The highest BCUT2D eigenvalue weighted by Gasteiger charge is 2.41. The van der Waals surface area contributed by atoms with Gasteiger partial charge in [0.2, 0.25) is 0 Å². The minimum atomic E-state index is -2.55. The number of benzene rings is 4. The normalized spacial score (nSPS) is 11.4. The number of hydrogen-bond donors (Lipinski definition) is 0. The fourth-order valence-corrected chi connectivity index (χ4v) is 11.2. The van der Waals surface area contributed by atoms with Gasteiger partial charge in [-0.15, -0.1) is 0 Å². The fourth-order valence-electron chi connectivity index (χ4n) is 3.89. The summed E-state index contributed by atoms with van der Waals surface area (Å²) in [7, 11) is -2.55. The van der Waals surface area contributed by atoms with Crippen LogP contribution in [-0.2, 0) is 0 Å². The monoisotopic (exact) mass is 648 g/mol. The first kappa shape index (κ1) is 21.3. The van der Waals surface area contributed by atoms with Crippen molar-refractivity contribution in [3.8, 4) is 0 Å². The first-order valence-corrected chi connectivity index (χ1v) is 14.2. The molecule has 4 aromatic rings. The Balaban J connectivity index is 2.19. The van der Waals surface area contributed by atoms with Gasteiger partial charge in [0.15, 0.2) is 8.07 Å². The first-order chi connectivity index (χ1) is 14.0. The first-order valence-electron chi connectivity index (χ1n) is 9.04. The van der Waals surface area contributed by atoms with Gasteiger partial charge in [0, 0.05) is 17.9 Å². The third-order valence-corrected chi connectivity index (χ3v) is 11.7. The third-order valence-electron chi connectivity index (χ3n) is 5.03. The van der Waals surface area contributed by atoms with Crippen molar-refractivity contribution >= 4 is 92.5 Å². The standard InChI is InChI=1S/C24H16Br4Si/c25-17-5-1-9-21(13-17)29(22-10-2-6-18(26)14-22,23-11-3-7-19(27)15-23)24-12-4-8-20(28)16-24/h1-16H. The van der Waals surface area contributed by atoms with E-state index in [1.807, 2.05) is 0 Å². The van der Waals surface area contributed by atoms with E-state index in [4.69, 9.17) is 0 Å². The molecule has 144 valence electrons. The zero-order valence-corrected chi connectivity index (χ0v) is 22.6. The number of rotatable bonds is 4. The molecule has 0 aromatic heterocycles. The van der Waals surface area contributed by atoms with Crippen LogP contribution in [0.1, 0.15) is 0 Å². The summed E-state index contributed by atoms with van der Waals surface area (Å²) >= 11 is 14.8. The molecule has 0 N–H and O–H groups in total. The van der Waals surface area contributed by atoms with Gasteiger partial charge in [0.25, 0.3) is 0 Å². The summed E-state index contributed by atoms with van der Waals surface area (Å²) in [5.74, 6) is 0. The molecule has 0 nitrogen and oxygen atoms in total. The summed E-state index contributed by atoms with van der Waals surface area (Å²) < 4.78 is 4.36. The van der Waals surface area contributed by atoms with E-state index < -0.39 is 8.07 Å². The molecule has 0 aliphatic rings. The lowest BCUT2D eigenvalue weighted by Gasteiger charge is -2.35. The van der Waals surface area contributed by atoms with Crippen molar-refractivity contribution in [2.75, 3.05) is 0 Å². The van der Waals surface area contributed by atoms with Crippen LogP contribution < -0.4 is 20.7 Å². The van der Waals surface area contributed by atoms with Crippen LogP contribution in [0.4, 0.5) is 0 Å². The molecule has 5 heteroatoms. The molecule has 0 spiro atoms. The van der Waals surface area contributed by atoms with Gasteiger partial charge in [-0.3, -0.25) is 0 Å². The Kier molecular flexibility index (Phi) is 6.61. The lowest BCUT2D eigenvalue weighted by molar-refractivity contribution is 1.61. The molecule has 29 heavy (non-hydrogen) atoms. The summed E-state index contributed by atoms with van der Waals surface area (Å²) in [6.07, 6.45) is 0. The van der Waals surface area contributed by atoms with Crippen LogP contribution >= 0.6 is 63.7 Å². The Labute approximate surface area is 205 Å². The second-order valence-corrected chi connectivity index (χ2v) is 14.3. The highest BCUT2D eigenvalue weighted by atomic mass is 79.9. The van der Waals surface area contributed by atoms with Crippen LogP contribution in [0.2, 0.25) is 0 Å². The molecule has 0 unspecified atom stereocenters. The topological polar surface area (TPSA) is 0 Å². The van der Waals surface area contributed by atoms with Crippen molar-refractivity contribution in [1.29, 1.82) is 0 Å². The Hall–Kier alpha value is -0.983. The third kappa shape index (κ3) is 4.26. The van der Waals surface area contributed by atoms with Gasteiger partial charge in [-0.25, -0.2) is 0 Å². The smallest absolute Gasteiger partial charge is 0.0618 e. The van der Waals surface area contributed by atoms with Crippen molar-refractivity contribution in [2.45, 2.75) is 0 Å². The minimum absolute atomic E-state index is 1.09. The van der Waals surface area contributed by atoms with E-state index in [0.717, 1.165) is 17.9 Å². The van der Waals surface area contributed by atoms with Gasteiger partial charge in [-0.05, 0) is 69.3 Å². The minimum Gasteiger partial charge on any atom is -0.0618 e. The van der Waals surface area contributed by atoms with E-state index in [0.29, 0.717) is 0 Å². The Morgan fingerprint density at radius 3 is 0.828 bits per heavy atom. The fraction of sp³-hybridized carbons (Fsp3) is 0. The summed E-state index contributed by atoms with van der Waals surface area (Å²) in [5.41, 5.74) is 0. The van der Waals surface area contributed by atoms with Crippen LogP contribution in [0.5, 0.6) is 0 Å². The molecule has 0 aliphatic heterocycles. The summed E-state index contributed by atoms with van der Waals surface area (Å²) in [5, 5.41) is 5.34. The molecule has 0 saturated heterocycles. The predicted octanol–water partition coefficient (Wildman–Crippen LogP) is 6.11. The molecule has 0 radical (unpaired) electrons. The van der Waals surface area contributed by atoms with Crippen LogP contribution in [0.3, 0.4) is 0 Å². The predicted molar refractivity (Wildman–Crippen MR) is 141 cm³/mol. The van der Waals surface area contributed by atoms with Crippen LogP contribution in [0, 0.1) is 0 Å². The van der Waals surface area contributed by atoms with Gasteiger partial charge in [-0.1, -0.05) is 112 Å². The molecule has 4 rings (SSSR count). The van der Waals surface area contributed by atoms with Crippen LogP contribution in [0.25, 0.3) is 0 Å². The molecule has 0 heterocycles. The van der Waals surface area contributed by atoms with Crippen LogP contribution in [-0.4, -0.2) is 8.07 Å². The molecule has 0 amide bonds. The average molecular weight is 652 g/mol. The van der Waals surface area contributed by atoms with Gasteiger partial charge in [-0.2, -0.15) is 0 Å². The highest BCUT2D eigenvalue weighted by molar-refractivity contribution is 9.11. The van der Waals surface area contributed by atoms with E-state index in [1.165, 1.54) is 20.7 Å². The van der Waals surface area contributed by atoms with Gasteiger partial charge in [0.05, 0.1) is 0 Å². The lowest BCUT2D eigenvalue weighted by atomic mass is 10.3. The van der Waals surface area contributed by atoms with Crippen molar-refractivity contribution in [3.05, 3.63) is 115 Å². The van der Waals surface area contributed by atoms with Crippen LogP contribution in [0.15, 0.2) is 115 Å². The van der Waals surface area contributed by atoms with E-state index >= 15 is 0 Å². The van der Waals surface area contributed by atoms with E-state index in [-0.39, 0.29) is 0 Å². The second-order valence-electron chi connectivity index (χ2n) is 6.79. The molecule has 0 bridgehead atoms. The largest absolute Gasteiger partial charge is 0.179 e. The summed E-state index contributed by atoms with van der Waals surface area (Å²) in [6, 6.07) is 35.0. The maximum Gasteiger partial charge on any atom is 0.179 e. The molecule has 4 aromatic carbocycles. The molecular weight excluding hydrogens is 636 g/mol. The molecule has 0 atom stereocenters. The van der Waals surface area contributed by atoms with E-state index in [1.54, 1.807) is 0 Å². The zero-order valence-electron chi connectivity index (χ0n) is 15.2. The van der Waals surface area contributed by atoms with Gasteiger partial charge < -0.3 is 0 Å². The second kappa shape index (κ2) is 9.02. The molecule has 0 fully saturated rings. The average Bonchev–Trinajstić information content (AvgIpc) is 2.69. The van der Waals surface area contributed by atoms with Gasteiger partial charge >= 0.3 is 0 Å². The van der Waals surface area contributed by atoms with Crippen molar-refractivity contribution in [2.24, 2.45) is 0 Å². The zero-order chi connectivity index (χ0) is 20.4. The van der Waals surface area contributed by atoms with E-state index in [9.17, 15) is 0 Å². The Morgan fingerprint density at radius 2 is 0.621 bits per heavy atom. The Bertz CT molecular complexity index is 985. The quantitative estimate of drug-likeness (QED) is 0.185.